The van der Waals surface area contributed by atoms with Crippen molar-refractivity contribution in [2.75, 3.05) is 38.0 Å². The smallest absolute Gasteiger partial charge is 0.409 e. The van der Waals surface area contributed by atoms with Gasteiger partial charge in [-0.05, 0) is 103 Å². The number of methoxy groups -OCH3 is 1. The lowest BCUT2D eigenvalue weighted by molar-refractivity contribution is -0.329. The lowest BCUT2D eigenvalue weighted by Crippen LogP contribution is -2.72. The number of aliphatic hydroxyl groups is 2. The van der Waals surface area contributed by atoms with Crippen LogP contribution in [0.5, 0.6) is 5.75 Å². The number of nitrogens with zero attached hydrogens (tertiary/aromatic N) is 3. The highest BCUT2D eigenvalue weighted by Gasteiger charge is 2.63. The molecule has 0 spiro atoms. The molecule has 7 atom stereocenters. The first kappa shape index (κ1) is 54.7. The van der Waals surface area contributed by atoms with E-state index in [2.05, 4.69) is 5.32 Å². The number of benzene rings is 1. The molecule has 1 aliphatic carbocycles. The summed E-state index contributed by atoms with van der Waals surface area (Å²) < 4.78 is 29.9. The van der Waals surface area contributed by atoms with Crippen molar-refractivity contribution in [3.8, 4) is 5.75 Å². The molecule has 22 heteroatoms. The Bertz CT molecular complexity index is 2380. The number of rotatable bonds is 13. The molecule has 6 heterocycles. The number of alkyl carbamates (subject to hydrolysis) is 1. The van der Waals surface area contributed by atoms with Gasteiger partial charge in [0, 0.05) is 52.3 Å². The van der Waals surface area contributed by atoms with Crippen LogP contribution in [0.25, 0.3) is 0 Å². The summed E-state index contributed by atoms with van der Waals surface area (Å²) in [7, 11) is 3.00. The molecular formula is C50H65ClN4O16S. The van der Waals surface area contributed by atoms with Gasteiger partial charge in [-0.1, -0.05) is 35.4 Å². The SMILES string of the molecule is COc1cc2cc(c1Cl)N(C)C(=O)C[C@H](OC(=O)C(C)(C)OCCCSC1CC(=O)N(CC3CCC(C(=O)ON4C(=O)CCC4=O)CC3)C1=O)[C@@]1(C)CC(C)(O1)[C@@H]1C[C@@](O)(NC(=O)O1)[C@H](O)/C=C/C=C(\C)C2. The zero-order valence-corrected chi connectivity index (χ0v) is 43.3. The first-order valence-electron chi connectivity index (χ1n) is 24.3. The van der Waals surface area contributed by atoms with Gasteiger partial charge in [-0.2, -0.15) is 0 Å². The van der Waals surface area contributed by atoms with Gasteiger partial charge in [-0.25, -0.2) is 14.4 Å². The number of fused-ring (bicyclic) bond motifs is 6. The van der Waals surface area contributed by atoms with Crippen LogP contribution in [0.15, 0.2) is 35.9 Å². The number of anilines is 1. The molecule has 0 radical (unpaired) electrons. The lowest BCUT2D eigenvalue weighted by atomic mass is 9.72. The number of thioether (sulfide) groups is 1. The molecule has 5 fully saturated rings. The van der Waals surface area contributed by atoms with Gasteiger partial charge in [-0.15, -0.1) is 16.8 Å². The molecule has 3 N–H and O–H groups in total. The number of carbonyl (C=O) groups is 8. The summed E-state index contributed by atoms with van der Waals surface area (Å²) in [5.41, 5.74) is -4.33. The van der Waals surface area contributed by atoms with E-state index < -0.39 is 87.8 Å². The fourth-order valence-corrected chi connectivity index (χ4v) is 11.6. The number of imide groups is 2. The number of esters is 1. The summed E-state index contributed by atoms with van der Waals surface area (Å²) in [4.78, 5) is 112. The van der Waals surface area contributed by atoms with Crippen LogP contribution in [-0.2, 0) is 63.8 Å². The fraction of sp³-hybridized carbons (Fsp3) is 0.640. The van der Waals surface area contributed by atoms with Crippen molar-refractivity contribution in [2.24, 2.45) is 11.8 Å². The van der Waals surface area contributed by atoms with Crippen LogP contribution in [0.3, 0.4) is 0 Å². The van der Waals surface area contributed by atoms with Crippen LogP contribution >= 0.6 is 23.4 Å². The van der Waals surface area contributed by atoms with Crippen molar-refractivity contribution in [1.29, 1.82) is 0 Å². The van der Waals surface area contributed by atoms with Crippen LogP contribution in [0.1, 0.15) is 111 Å². The quantitative estimate of drug-likeness (QED) is 0.138. The second kappa shape index (κ2) is 21.8. The molecule has 1 saturated carbocycles. The van der Waals surface area contributed by atoms with Crippen LogP contribution in [-0.4, -0.2) is 147 Å². The molecule has 1 aromatic rings. The zero-order valence-electron chi connectivity index (χ0n) is 41.7. The lowest BCUT2D eigenvalue weighted by Gasteiger charge is -2.59. The van der Waals surface area contributed by atoms with Gasteiger partial charge in [0.25, 0.3) is 11.8 Å². The third-order valence-electron chi connectivity index (χ3n) is 14.5. The number of carbonyl (C=O) groups excluding carboxylic acids is 8. The Morgan fingerprint density at radius 1 is 0.986 bits per heavy atom. The topological polar surface area (TPSA) is 254 Å². The molecule has 1 aromatic carbocycles. The molecule has 4 saturated heterocycles. The van der Waals surface area contributed by atoms with E-state index in [9.17, 15) is 48.6 Å². The van der Waals surface area contributed by atoms with Crippen LogP contribution in [0.4, 0.5) is 10.5 Å². The van der Waals surface area contributed by atoms with Crippen LogP contribution < -0.4 is 15.0 Å². The molecule has 2 unspecified atom stereocenters. The standard InChI is InChI=1S/C50H65ClN4O16S/c1-28-10-8-11-35(56)50(65)25-37(69-46(64)52-50)49(5)27-48(4,71-49)36(24-40(59)53(6)32-21-30(20-28)22-33(66-7)42(32)51)68-45(63)47(2,3)67-18-9-19-72-34-23-41(60)54(43(34)61)26-29-12-14-31(15-13-29)44(62)70-55-38(57)16-17-39(55)58/h8,10-11,21-22,29,31,34-37,56,65H,9,12-20,23-27H2,1-7H3,(H,52,64)/b11-8+,28-10+/t29?,31?,34?,35-,36+,37+,48-,49?,50+/m1/s1. The number of halogens is 1. The summed E-state index contributed by atoms with van der Waals surface area (Å²) in [6.45, 7) is 8.55. The van der Waals surface area contributed by atoms with Crippen molar-refractivity contribution in [2.45, 2.75) is 158 Å². The van der Waals surface area contributed by atoms with E-state index in [1.807, 2.05) is 6.92 Å². The third kappa shape index (κ3) is 12.0. The average Bonchev–Trinajstić information content (AvgIpc) is 3.77. The number of ether oxygens (including phenoxy) is 5. The second-order valence-corrected chi connectivity index (χ2v) is 22.3. The summed E-state index contributed by atoms with van der Waals surface area (Å²) in [5.74, 6) is -3.32. The first-order valence-corrected chi connectivity index (χ1v) is 25.7. The Kier molecular flexibility index (Phi) is 16.6. The number of hydroxylamine groups is 2. The molecule has 6 bridgehead atoms. The summed E-state index contributed by atoms with van der Waals surface area (Å²) in [6, 6.07) is 3.50. The molecule has 8 rings (SSSR count). The normalized spacial score (nSPS) is 32.6. The number of amides is 6. The maximum atomic E-state index is 14.3. The Morgan fingerprint density at radius 2 is 1.67 bits per heavy atom. The summed E-state index contributed by atoms with van der Waals surface area (Å²) >= 11 is 8.11. The first-order chi connectivity index (χ1) is 33.8. The van der Waals surface area contributed by atoms with E-state index in [0.717, 1.165) is 11.1 Å². The molecule has 6 aliphatic heterocycles. The minimum Gasteiger partial charge on any atom is -0.495 e. The molecule has 7 aliphatic rings. The number of allylic oxidation sites excluding steroid dienone is 3. The predicted molar refractivity (Wildman–Crippen MR) is 259 cm³/mol. The van der Waals surface area contributed by atoms with E-state index in [1.54, 1.807) is 45.2 Å². The predicted octanol–water partition coefficient (Wildman–Crippen LogP) is 4.62. The average molecular weight is 1050 g/mol. The van der Waals surface area contributed by atoms with Crippen molar-refractivity contribution < 1.29 is 77.1 Å². The van der Waals surface area contributed by atoms with E-state index in [-0.39, 0.29) is 74.4 Å². The molecule has 72 heavy (non-hydrogen) atoms. The minimum atomic E-state index is -2.13. The number of likely N-dealkylation sites (tertiary alicyclic amines) is 1. The second-order valence-electron chi connectivity index (χ2n) is 20.6. The van der Waals surface area contributed by atoms with Crippen molar-refractivity contribution in [3.63, 3.8) is 0 Å². The molecule has 0 aromatic heterocycles. The highest BCUT2D eigenvalue weighted by atomic mass is 35.5. The van der Waals surface area contributed by atoms with E-state index in [4.69, 9.17) is 40.1 Å². The Morgan fingerprint density at radius 3 is 2.33 bits per heavy atom. The molecule has 20 nitrogen and oxygen atoms in total. The largest absolute Gasteiger partial charge is 0.495 e. The number of aliphatic hydroxyl groups excluding tert-OH is 1. The highest BCUT2D eigenvalue weighted by molar-refractivity contribution is 8.00. The Labute approximate surface area is 427 Å². The van der Waals surface area contributed by atoms with Crippen molar-refractivity contribution in [1.82, 2.24) is 15.3 Å². The Balaban J connectivity index is 0.962. The van der Waals surface area contributed by atoms with Gasteiger partial charge >= 0.3 is 18.0 Å². The summed E-state index contributed by atoms with van der Waals surface area (Å²) in [5, 5.41) is 25.2. The van der Waals surface area contributed by atoms with Crippen LogP contribution in [0, 0.1) is 11.8 Å². The molecule has 6 amide bonds. The minimum absolute atomic E-state index is 0.00848. The van der Waals surface area contributed by atoms with Gasteiger partial charge < -0.3 is 43.6 Å². The highest BCUT2D eigenvalue weighted by Crippen LogP contribution is 2.51. The van der Waals surface area contributed by atoms with Gasteiger partial charge in [0.2, 0.25) is 17.7 Å². The van der Waals surface area contributed by atoms with Gasteiger partial charge in [0.15, 0.2) is 11.3 Å². The van der Waals surface area contributed by atoms with Gasteiger partial charge in [0.1, 0.15) is 40.3 Å². The van der Waals surface area contributed by atoms with Crippen molar-refractivity contribution >= 4 is 76.6 Å². The van der Waals surface area contributed by atoms with E-state index in [1.165, 1.54) is 48.6 Å². The monoisotopic (exact) mass is 1040 g/mol. The maximum absolute atomic E-state index is 14.3. The van der Waals surface area contributed by atoms with Gasteiger partial charge in [0.05, 0.1) is 30.4 Å². The van der Waals surface area contributed by atoms with Gasteiger partial charge in [-0.3, -0.25) is 34.2 Å². The number of hydrogen-bond donors (Lipinski definition) is 3. The molecule has 394 valence electrons. The maximum Gasteiger partial charge on any atom is 0.409 e. The summed E-state index contributed by atoms with van der Waals surface area (Å²) in [6.07, 6.45) is 2.14. The van der Waals surface area contributed by atoms with Crippen molar-refractivity contribution in [3.05, 3.63) is 46.5 Å². The number of nitrogens with one attached hydrogen (secondary N) is 1. The number of hydrogen-bond acceptors (Lipinski definition) is 17. The van der Waals surface area contributed by atoms with E-state index >= 15 is 0 Å². The molecular weight excluding hydrogens is 980 g/mol. The van der Waals surface area contributed by atoms with Crippen LogP contribution in [0.2, 0.25) is 5.02 Å². The fourth-order valence-electron chi connectivity index (χ4n) is 10.2. The Hall–Kier alpha value is -5.06. The zero-order chi connectivity index (χ0) is 52.5. The van der Waals surface area contributed by atoms with E-state index in [0.29, 0.717) is 60.8 Å². The third-order valence-corrected chi connectivity index (χ3v) is 16.1.